The van der Waals surface area contributed by atoms with E-state index in [4.69, 9.17) is 14.8 Å². The maximum absolute atomic E-state index is 14.0. The van der Waals surface area contributed by atoms with Crippen LogP contribution in [0.4, 0.5) is 5.69 Å². The van der Waals surface area contributed by atoms with Crippen molar-refractivity contribution in [2.75, 3.05) is 11.9 Å². The van der Waals surface area contributed by atoms with Crippen LogP contribution in [-0.4, -0.2) is 45.4 Å². The van der Waals surface area contributed by atoms with E-state index in [1.807, 2.05) is 29.8 Å². The molecule has 1 amide bonds. The van der Waals surface area contributed by atoms with E-state index < -0.39 is 8.07 Å². The summed E-state index contributed by atoms with van der Waals surface area (Å²) in [6, 6.07) is 14.5. The third kappa shape index (κ3) is 6.17. The van der Waals surface area contributed by atoms with Crippen LogP contribution >= 0.6 is 0 Å². The zero-order chi connectivity index (χ0) is 29.6. The fourth-order valence-electron chi connectivity index (χ4n) is 6.27. The van der Waals surface area contributed by atoms with Gasteiger partial charge in [0.05, 0.1) is 17.1 Å². The molecule has 2 fully saturated rings. The van der Waals surface area contributed by atoms with Crippen LogP contribution < -0.4 is 5.32 Å². The highest BCUT2D eigenvalue weighted by Crippen LogP contribution is 2.55. The van der Waals surface area contributed by atoms with E-state index in [2.05, 4.69) is 49.0 Å². The van der Waals surface area contributed by atoms with E-state index in [9.17, 15) is 9.90 Å². The Morgan fingerprint density at radius 2 is 1.79 bits per heavy atom. The van der Waals surface area contributed by atoms with E-state index in [-0.39, 0.29) is 23.5 Å². The molecule has 2 saturated carbocycles. The number of ether oxygens (including phenoxy) is 1. The molecule has 0 bridgehead atoms. The number of rotatable bonds is 12. The fourth-order valence-corrected chi connectivity index (χ4v) is 7.02. The summed E-state index contributed by atoms with van der Waals surface area (Å²) in [5.41, 5.74) is 6.23. The molecule has 0 saturated heterocycles. The number of nitrogens with zero attached hydrogens (tertiary/aromatic N) is 3. The van der Waals surface area contributed by atoms with Crippen molar-refractivity contribution in [3.8, 4) is 16.9 Å². The molecule has 42 heavy (non-hydrogen) atoms. The molecule has 0 spiro atoms. The van der Waals surface area contributed by atoms with E-state index in [1.54, 1.807) is 12.1 Å². The van der Waals surface area contributed by atoms with Gasteiger partial charge in [0.15, 0.2) is 0 Å². The number of aromatic hydroxyl groups is 1. The summed E-state index contributed by atoms with van der Waals surface area (Å²) < 4.78 is 7.90. The lowest BCUT2D eigenvalue weighted by Gasteiger charge is -2.25. The van der Waals surface area contributed by atoms with Crippen molar-refractivity contribution >= 4 is 30.7 Å². The van der Waals surface area contributed by atoms with Gasteiger partial charge in [-0.2, -0.15) is 5.10 Å². The first kappa shape index (κ1) is 28.7. The van der Waals surface area contributed by atoms with Gasteiger partial charge < -0.3 is 20.1 Å². The Balaban J connectivity index is 1.20. The summed E-state index contributed by atoms with van der Waals surface area (Å²) in [6.07, 6.45) is 4.67. The first-order valence-electron chi connectivity index (χ1n) is 15.3. The van der Waals surface area contributed by atoms with Crippen molar-refractivity contribution in [1.29, 1.82) is 0 Å². The molecule has 4 aromatic rings. The number of H-pyrrole nitrogens is 1. The van der Waals surface area contributed by atoms with Gasteiger partial charge in [0.2, 0.25) is 5.91 Å². The second-order valence-electron chi connectivity index (χ2n) is 13.5. The number of carbonyl (C=O) groups excluding carboxylic acids is 1. The molecule has 0 aliphatic heterocycles. The van der Waals surface area contributed by atoms with Crippen molar-refractivity contribution in [3.05, 3.63) is 59.7 Å². The van der Waals surface area contributed by atoms with Crippen LogP contribution in [0, 0.1) is 31.6 Å². The predicted molar refractivity (Wildman–Crippen MR) is 169 cm³/mol. The fraction of sp³-hybridized carbons (Fsp3) is 0.485. The predicted octanol–water partition coefficient (Wildman–Crippen LogP) is 7.22. The quantitative estimate of drug-likeness (QED) is 0.120. The number of benzene rings is 2. The highest BCUT2D eigenvalue weighted by atomic mass is 28.3. The molecule has 8 nitrogen and oxygen atoms in total. The number of aromatic amines is 1. The number of fused-ring (bicyclic) bond motifs is 1. The average molecular weight is 586 g/mol. The summed E-state index contributed by atoms with van der Waals surface area (Å²) in [6.45, 7) is 12.4. The Labute approximate surface area is 248 Å². The number of imidazole rings is 1. The lowest BCUT2D eigenvalue weighted by atomic mass is 9.82. The first-order valence-corrected chi connectivity index (χ1v) is 19.0. The van der Waals surface area contributed by atoms with Crippen molar-refractivity contribution in [2.24, 2.45) is 17.8 Å². The maximum atomic E-state index is 14.0. The van der Waals surface area contributed by atoms with Crippen LogP contribution in [0.25, 0.3) is 22.2 Å². The lowest BCUT2D eigenvalue weighted by molar-refractivity contribution is -0.119. The molecule has 2 heterocycles. The van der Waals surface area contributed by atoms with Gasteiger partial charge in [-0.05, 0) is 93.2 Å². The summed E-state index contributed by atoms with van der Waals surface area (Å²) >= 11 is 0. The first-order chi connectivity index (χ1) is 20.1. The van der Waals surface area contributed by atoms with E-state index in [0.717, 1.165) is 46.4 Å². The SMILES string of the molecule is Cc1nn(COCC[Si](C)(C)C)c(C)c1-c1ccc(NC(=O)C(c2nc3c(O)cccc3[nH]2)C(C2CC2)C2CC2)cc1. The molecule has 2 aromatic carbocycles. The van der Waals surface area contributed by atoms with Crippen LogP contribution in [0.1, 0.15) is 48.8 Å². The number of para-hydroxylation sites is 1. The molecule has 2 aliphatic carbocycles. The molecular weight excluding hydrogens is 542 g/mol. The van der Waals surface area contributed by atoms with Gasteiger partial charge in [-0.3, -0.25) is 4.79 Å². The molecule has 2 aromatic heterocycles. The summed E-state index contributed by atoms with van der Waals surface area (Å²) in [5.74, 6) is 1.72. The van der Waals surface area contributed by atoms with Gasteiger partial charge >= 0.3 is 0 Å². The molecule has 6 rings (SSSR count). The van der Waals surface area contributed by atoms with E-state index in [1.165, 1.54) is 25.7 Å². The molecule has 1 atom stereocenters. The zero-order valence-corrected chi connectivity index (χ0v) is 26.4. The third-order valence-corrected chi connectivity index (χ3v) is 10.5. The second kappa shape index (κ2) is 11.3. The molecule has 3 N–H and O–H groups in total. The maximum Gasteiger partial charge on any atom is 0.235 e. The Bertz CT molecular complexity index is 1570. The topological polar surface area (TPSA) is 105 Å². The molecule has 0 radical (unpaired) electrons. The number of aryl methyl sites for hydroxylation is 1. The third-order valence-electron chi connectivity index (χ3n) is 8.84. The minimum atomic E-state index is -1.13. The van der Waals surface area contributed by atoms with Gasteiger partial charge in [-0.25, -0.2) is 9.67 Å². The Morgan fingerprint density at radius 1 is 1.10 bits per heavy atom. The number of aromatic nitrogens is 4. The summed E-state index contributed by atoms with van der Waals surface area (Å²) in [7, 11) is -1.13. The minimum absolute atomic E-state index is 0.0410. The van der Waals surface area contributed by atoms with E-state index in [0.29, 0.717) is 29.9 Å². The molecule has 2 aliphatic rings. The van der Waals surface area contributed by atoms with Crippen LogP contribution in [0.2, 0.25) is 25.7 Å². The minimum Gasteiger partial charge on any atom is -0.506 e. The Morgan fingerprint density at radius 3 is 2.40 bits per heavy atom. The molecular formula is C33H43N5O3Si. The lowest BCUT2D eigenvalue weighted by Crippen LogP contribution is -2.31. The van der Waals surface area contributed by atoms with Crippen molar-refractivity contribution < 1.29 is 14.6 Å². The van der Waals surface area contributed by atoms with Crippen molar-refractivity contribution in [1.82, 2.24) is 19.7 Å². The van der Waals surface area contributed by atoms with E-state index >= 15 is 0 Å². The number of hydrogen-bond acceptors (Lipinski definition) is 5. The normalized spacial score (nSPS) is 16.3. The zero-order valence-electron chi connectivity index (χ0n) is 25.4. The van der Waals surface area contributed by atoms with Crippen molar-refractivity contribution in [3.63, 3.8) is 0 Å². The van der Waals surface area contributed by atoms with Gasteiger partial charge in [0.25, 0.3) is 0 Å². The molecule has 9 heteroatoms. The van der Waals surface area contributed by atoms with Gasteiger partial charge in [-0.15, -0.1) is 0 Å². The standard InChI is InChI=1S/C33H43N5O3Si/c1-20-28(21(2)38(37-20)19-41-17-18-42(3,4)5)22-13-15-25(16-14-22)34-33(40)30(29(23-9-10-23)24-11-12-24)32-35-26-7-6-8-27(39)31(26)36-32/h6-8,13-16,23-24,29-30,39H,9-12,17-19H2,1-5H3,(H,34,40)(H,35,36). The van der Waals surface area contributed by atoms with Crippen LogP contribution in [0.5, 0.6) is 5.75 Å². The highest BCUT2D eigenvalue weighted by Gasteiger charge is 2.49. The average Bonchev–Trinajstić information content (AvgIpc) is 3.87. The number of anilines is 1. The number of phenolic OH excluding ortho intramolecular Hbond substituents is 1. The molecule has 1 unspecified atom stereocenters. The number of hydrogen-bond donors (Lipinski definition) is 3. The van der Waals surface area contributed by atoms with Crippen LogP contribution in [0.15, 0.2) is 42.5 Å². The largest absolute Gasteiger partial charge is 0.506 e. The number of phenols is 1. The van der Waals surface area contributed by atoms with Gasteiger partial charge in [0.1, 0.15) is 23.8 Å². The Kier molecular flexibility index (Phi) is 7.74. The monoisotopic (exact) mass is 585 g/mol. The highest BCUT2D eigenvalue weighted by molar-refractivity contribution is 6.76. The van der Waals surface area contributed by atoms with Crippen LogP contribution in [-0.2, 0) is 16.3 Å². The number of amides is 1. The van der Waals surface area contributed by atoms with Crippen LogP contribution in [0.3, 0.4) is 0 Å². The van der Waals surface area contributed by atoms with Gasteiger partial charge in [0, 0.05) is 31.6 Å². The molecule has 222 valence electrons. The summed E-state index contributed by atoms with van der Waals surface area (Å²) in [5, 5.41) is 18.3. The summed E-state index contributed by atoms with van der Waals surface area (Å²) in [4.78, 5) is 22.1. The number of carbonyl (C=O) groups is 1. The Hall–Kier alpha value is -3.43. The van der Waals surface area contributed by atoms with Crippen molar-refractivity contribution in [2.45, 2.75) is 77.9 Å². The smallest absolute Gasteiger partial charge is 0.235 e. The second-order valence-corrected chi connectivity index (χ2v) is 19.1. The van der Waals surface area contributed by atoms with Gasteiger partial charge in [-0.1, -0.05) is 37.8 Å². The number of nitrogens with one attached hydrogen (secondary N) is 2.